The van der Waals surface area contributed by atoms with Crippen LogP contribution in [0.25, 0.3) is 10.2 Å². The van der Waals surface area contributed by atoms with E-state index in [0.29, 0.717) is 12.5 Å². The molecular formula is C17H22N4O2S. The number of para-hydroxylation sites is 1. The number of aromatic nitrogens is 1. The molecule has 1 aliphatic heterocycles. The van der Waals surface area contributed by atoms with Crippen LogP contribution in [0.3, 0.4) is 0 Å². The smallest absolute Gasteiger partial charge is 0.239 e. The van der Waals surface area contributed by atoms with Gasteiger partial charge in [0.05, 0.1) is 28.3 Å². The molecule has 2 heterocycles. The van der Waals surface area contributed by atoms with E-state index < -0.39 is 0 Å². The van der Waals surface area contributed by atoms with Crippen molar-refractivity contribution in [2.24, 2.45) is 0 Å². The molecule has 0 aliphatic carbocycles. The number of piperidine rings is 1. The van der Waals surface area contributed by atoms with Crippen LogP contribution in [0.15, 0.2) is 24.3 Å². The fourth-order valence-corrected chi connectivity index (χ4v) is 4.08. The Balaban J connectivity index is 1.58. The molecule has 1 saturated heterocycles. The molecule has 0 bridgehead atoms. The van der Waals surface area contributed by atoms with Crippen LogP contribution in [0.1, 0.15) is 23.8 Å². The number of hydrogen-bond acceptors (Lipinski definition) is 5. The monoisotopic (exact) mass is 346 g/mol. The van der Waals surface area contributed by atoms with Crippen LogP contribution >= 0.6 is 11.3 Å². The fourth-order valence-electron chi connectivity index (χ4n) is 2.99. The zero-order valence-corrected chi connectivity index (χ0v) is 14.6. The highest BCUT2D eigenvalue weighted by molar-refractivity contribution is 7.18. The first-order chi connectivity index (χ1) is 11.7. The third kappa shape index (κ3) is 4.10. The van der Waals surface area contributed by atoms with Crippen molar-refractivity contribution >= 4 is 33.4 Å². The van der Waals surface area contributed by atoms with Crippen molar-refractivity contribution in [3.05, 3.63) is 29.3 Å². The average Bonchev–Trinajstić information content (AvgIpc) is 3.04. The lowest BCUT2D eigenvalue weighted by Crippen LogP contribution is -2.44. The van der Waals surface area contributed by atoms with Crippen LogP contribution in [-0.2, 0) is 9.59 Å². The van der Waals surface area contributed by atoms with Gasteiger partial charge in [0, 0.05) is 19.5 Å². The molecule has 0 saturated carbocycles. The van der Waals surface area contributed by atoms with Crippen molar-refractivity contribution < 1.29 is 9.59 Å². The van der Waals surface area contributed by atoms with E-state index in [4.69, 9.17) is 4.98 Å². The molecule has 128 valence electrons. The van der Waals surface area contributed by atoms with E-state index in [0.717, 1.165) is 36.5 Å². The number of nitrogens with one attached hydrogen (secondary N) is 2. The molecule has 2 N–H and O–H groups in total. The van der Waals surface area contributed by atoms with E-state index in [1.807, 2.05) is 18.2 Å². The quantitative estimate of drug-likeness (QED) is 0.857. The number of benzene rings is 1. The Kier molecular flexibility index (Phi) is 5.42. The minimum Gasteiger partial charge on any atom is -0.358 e. The zero-order chi connectivity index (χ0) is 16.9. The molecule has 1 aromatic carbocycles. The molecule has 24 heavy (non-hydrogen) atoms. The molecule has 0 spiro atoms. The molecule has 7 heteroatoms. The minimum absolute atomic E-state index is 0.0322. The van der Waals surface area contributed by atoms with Crippen molar-refractivity contribution in [3.8, 4) is 0 Å². The van der Waals surface area contributed by atoms with Gasteiger partial charge in [-0.05, 0) is 31.5 Å². The predicted octanol–water partition coefficient (Wildman–Crippen LogP) is 1.34. The molecule has 1 aliphatic rings. The minimum atomic E-state index is -0.186. The summed E-state index contributed by atoms with van der Waals surface area (Å²) in [7, 11) is 1.56. The summed E-state index contributed by atoms with van der Waals surface area (Å²) < 4.78 is 1.22. The van der Waals surface area contributed by atoms with Crippen LogP contribution in [0.2, 0.25) is 0 Å². The Labute approximate surface area is 145 Å². The van der Waals surface area contributed by atoms with Crippen molar-refractivity contribution in [1.29, 1.82) is 0 Å². The first-order valence-corrected chi connectivity index (χ1v) is 9.02. The number of likely N-dealkylation sites (tertiary alicyclic amines) is 1. The lowest BCUT2D eigenvalue weighted by atomic mass is 9.99. The molecule has 2 amide bonds. The van der Waals surface area contributed by atoms with Gasteiger partial charge in [-0.25, -0.2) is 4.98 Å². The Morgan fingerprint density at radius 2 is 2.17 bits per heavy atom. The van der Waals surface area contributed by atoms with Gasteiger partial charge in [-0.1, -0.05) is 12.1 Å². The maximum atomic E-state index is 12.0. The van der Waals surface area contributed by atoms with Gasteiger partial charge >= 0.3 is 0 Å². The summed E-state index contributed by atoms with van der Waals surface area (Å²) in [4.78, 5) is 30.1. The van der Waals surface area contributed by atoms with Gasteiger partial charge < -0.3 is 10.6 Å². The number of thiazole rings is 1. The maximum Gasteiger partial charge on any atom is 0.239 e. The summed E-state index contributed by atoms with van der Waals surface area (Å²) in [6, 6.07) is 8.19. The molecular weight excluding hydrogens is 324 g/mol. The summed E-state index contributed by atoms with van der Waals surface area (Å²) in [6.07, 6.45) is 2.17. The number of amides is 2. The second-order valence-electron chi connectivity index (χ2n) is 6.04. The average molecular weight is 346 g/mol. The fraction of sp³-hybridized carbons (Fsp3) is 0.471. The molecule has 1 fully saturated rings. The predicted molar refractivity (Wildman–Crippen MR) is 95.1 cm³/mol. The highest BCUT2D eigenvalue weighted by Gasteiger charge is 2.25. The highest BCUT2D eigenvalue weighted by Crippen LogP contribution is 2.32. The lowest BCUT2D eigenvalue weighted by molar-refractivity contribution is -0.126. The molecule has 1 aromatic heterocycles. The van der Waals surface area contributed by atoms with Crippen LogP contribution in [-0.4, -0.2) is 54.9 Å². The van der Waals surface area contributed by atoms with Crippen LogP contribution in [0.5, 0.6) is 0 Å². The van der Waals surface area contributed by atoms with E-state index >= 15 is 0 Å². The molecule has 6 nitrogen and oxygen atoms in total. The number of carbonyl (C=O) groups excluding carboxylic acids is 2. The standard InChI is InChI=1S/C17H22N4O2S/c1-18-15(22)9-19-16(23)11-21-8-4-5-12(10-21)17-20-13-6-2-3-7-14(13)24-17/h2-3,6-7,12H,4-5,8-11H2,1H3,(H,18,22)(H,19,23)/t12-/m1/s1. The van der Waals surface area contributed by atoms with Gasteiger partial charge in [0.15, 0.2) is 0 Å². The van der Waals surface area contributed by atoms with Gasteiger partial charge in [-0.15, -0.1) is 11.3 Å². The summed E-state index contributed by atoms with van der Waals surface area (Å²) in [6.45, 7) is 2.12. The van der Waals surface area contributed by atoms with Gasteiger partial charge in [-0.3, -0.25) is 14.5 Å². The number of fused-ring (bicyclic) bond motifs is 1. The van der Waals surface area contributed by atoms with Crippen LogP contribution < -0.4 is 10.6 Å². The second-order valence-corrected chi connectivity index (χ2v) is 7.11. The SMILES string of the molecule is CNC(=O)CNC(=O)CN1CCC[C@@H](c2nc3ccccc3s2)C1. The lowest BCUT2D eigenvalue weighted by Gasteiger charge is -2.31. The molecule has 1 atom stereocenters. The number of carbonyl (C=O) groups is 2. The normalized spacial score (nSPS) is 18.5. The molecule has 0 radical (unpaired) electrons. The van der Waals surface area contributed by atoms with Crippen molar-refractivity contribution in [2.75, 3.05) is 33.2 Å². The second kappa shape index (κ2) is 7.72. The van der Waals surface area contributed by atoms with Crippen LogP contribution in [0, 0.1) is 0 Å². The van der Waals surface area contributed by atoms with E-state index in [-0.39, 0.29) is 18.4 Å². The van der Waals surface area contributed by atoms with Crippen LogP contribution in [0.4, 0.5) is 0 Å². The summed E-state index contributed by atoms with van der Waals surface area (Å²) in [5.74, 6) is 0.0841. The van der Waals surface area contributed by atoms with Gasteiger partial charge in [-0.2, -0.15) is 0 Å². The van der Waals surface area contributed by atoms with Crippen molar-refractivity contribution in [1.82, 2.24) is 20.5 Å². The number of rotatable bonds is 5. The zero-order valence-electron chi connectivity index (χ0n) is 13.7. The van der Waals surface area contributed by atoms with Crippen molar-refractivity contribution in [3.63, 3.8) is 0 Å². The third-order valence-electron chi connectivity index (χ3n) is 4.26. The van der Waals surface area contributed by atoms with Crippen molar-refractivity contribution in [2.45, 2.75) is 18.8 Å². The molecule has 3 rings (SSSR count). The Hall–Kier alpha value is -1.99. The first kappa shape index (κ1) is 16.9. The summed E-state index contributed by atoms with van der Waals surface area (Å²) in [5.41, 5.74) is 1.05. The number of likely N-dealkylation sites (N-methyl/N-ethyl adjacent to an activating group) is 1. The van der Waals surface area contributed by atoms with E-state index in [1.54, 1.807) is 18.4 Å². The number of hydrogen-bond donors (Lipinski definition) is 2. The van der Waals surface area contributed by atoms with Gasteiger partial charge in [0.1, 0.15) is 0 Å². The molecule has 0 unspecified atom stereocenters. The third-order valence-corrected chi connectivity index (χ3v) is 5.46. The maximum absolute atomic E-state index is 12.0. The Morgan fingerprint density at radius 1 is 1.33 bits per heavy atom. The first-order valence-electron chi connectivity index (χ1n) is 8.21. The summed E-state index contributed by atoms with van der Waals surface area (Å²) >= 11 is 1.75. The van der Waals surface area contributed by atoms with E-state index in [1.165, 1.54) is 4.70 Å². The molecule has 2 aromatic rings. The Bertz CT molecular complexity index is 697. The van der Waals surface area contributed by atoms with Gasteiger partial charge in [0.25, 0.3) is 0 Å². The summed E-state index contributed by atoms with van der Waals surface area (Å²) in [5, 5.41) is 6.30. The van der Waals surface area contributed by atoms with Gasteiger partial charge in [0.2, 0.25) is 11.8 Å². The van der Waals surface area contributed by atoms with E-state index in [2.05, 4.69) is 21.6 Å². The topological polar surface area (TPSA) is 74.3 Å². The number of nitrogens with zero attached hydrogens (tertiary/aromatic N) is 2. The highest BCUT2D eigenvalue weighted by atomic mass is 32.1. The van der Waals surface area contributed by atoms with E-state index in [9.17, 15) is 9.59 Å². The largest absolute Gasteiger partial charge is 0.358 e. The Morgan fingerprint density at radius 3 is 2.96 bits per heavy atom.